The first-order valence-electron chi connectivity index (χ1n) is 6.93. The molecule has 5 nitrogen and oxygen atoms in total. The largest absolute Gasteiger partial charge is 0.343 e. The van der Waals surface area contributed by atoms with E-state index in [2.05, 4.69) is 10.3 Å². The maximum atomic E-state index is 12.6. The van der Waals surface area contributed by atoms with Crippen molar-refractivity contribution >= 4 is 23.2 Å². The summed E-state index contributed by atoms with van der Waals surface area (Å²) in [6, 6.07) is -1.04. The van der Waals surface area contributed by atoms with Crippen LogP contribution in [0.5, 0.6) is 0 Å². The molecule has 0 saturated carbocycles. The van der Waals surface area contributed by atoms with Crippen LogP contribution in [0, 0.1) is 5.92 Å². The fourth-order valence-corrected chi connectivity index (χ4v) is 3.26. The topological polar surface area (TPSA) is 62.3 Å². The molecule has 1 aromatic heterocycles. The van der Waals surface area contributed by atoms with Gasteiger partial charge in [0.05, 0.1) is 6.04 Å². The third-order valence-electron chi connectivity index (χ3n) is 3.60. The van der Waals surface area contributed by atoms with Crippen molar-refractivity contribution in [1.29, 1.82) is 0 Å². The van der Waals surface area contributed by atoms with Gasteiger partial charge in [0, 0.05) is 11.6 Å². The summed E-state index contributed by atoms with van der Waals surface area (Å²) in [4.78, 5) is 30.7. The lowest BCUT2D eigenvalue weighted by molar-refractivity contribution is -0.151. The van der Waals surface area contributed by atoms with Gasteiger partial charge in [-0.3, -0.25) is 9.59 Å². The first-order valence-corrected chi connectivity index (χ1v) is 7.81. The Kier molecular flexibility index (Phi) is 4.42. The Hall–Kier alpha value is -1.43. The zero-order chi connectivity index (χ0) is 14.9. The Morgan fingerprint density at radius 2 is 2.10 bits per heavy atom. The summed E-state index contributed by atoms with van der Waals surface area (Å²) in [5.41, 5.74) is 0. The summed E-state index contributed by atoms with van der Waals surface area (Å²) in [6.45, 7) is 7.79. The van der Waals surface area contributed by atoms with Gasteiger partial charge in [-0.25, -0.2) is 4.98 Å². The number of hydrogen-bond acceptors (Lipinski definition) is 4. The Labute approximate surface area is 123 Å². The average Bonchev–Trinajstić information content (AvgIpc) is 2.89. The minimum Gasteiger partial charge on any atom is -0.343 e. The molecule has 6 heteroatoms. The van der Waals surface area contributed by atoms with E-state index in [1.165, 1.54) is 11.3 Å². The lowest BCUT2D eigenvalue weighted by Crippen LogP contribution is -2.62. The first-order chi connectivity index (χ1) is 9.41. The number of carbonyl (C=O) groups excluding carboxylic acids is 2. The average molecular weight is 295 g/mol. The molecule has 0 spiro atoms. The first kappa shape index (κ1) is 15.0. The van der Waals surface area contributed by atoms with E-state index in [1.807, 2.05) is 26.2 Å². The van der Waals surface area contributed by atoms with E-state index in [0.717, 1.165) is 5.01 Å². The molecule has 0 bridgehead atoms. The van der Waals surface area contributed by atoms with Gasteiger partial charge in [0.2, 0.25) is 11.8 Å². The molecular formula is C14H21N3O2S. The van der Waals surface area contributed by atoms with Crippen molar-refractivity contribution in [2.45, 2.75) is 52.2 Å². The summed E-state index contributed by atoms with van der Waals surface area (Å²) in [7, 11) is 0. The van der Waals surface area contributed by atoms with Crippen molar-refractivity contribution in [3.63, 3.8) is 0 Å². The van der Waals surface area contributed by atoms with Gasteiger partial charge in [0.15, 0.2) is 0 Å². The van der Waals surface area contributed by atoms with Crippen molar-refractivity contribution in [3.8, 4) is 0 Å². The number of piperazine rings is 1. The highest BCUT2D eigenvalue weighted by atomic mass is 32.1. The lowest BCUT2D eigenvalue weighted by Gasteiger charge is -2.40. The smallest absolute Gasteiger partial charge is 0.246 e. The second-order valence-electron chi connectivity index (χ2n) is 5.66. The van der Waals surface area contributed by atoms with E-state index in [9.17, 15) is 9.59 Å². The van der Waals surface area contributed by atoms with Gasteiger partial charge in [-0.15, -0.1) is 11.3 Å². The van der Waals surface area contributed by atoms with Gasteiger partial charge in [0.25, 0.3) is 0 Å². The molecule has 3 unspecified atom stereocenters. The number of nitrogens with one attached hydrogen (secondary N) is 1. The van der Waals surface area contributed by atoms with E-state index >= 15 is 0 Å². The van der Waals surface area contributed by atoms with Crippen molar-refractivity contribution in [1.82, 2.24) is 15.2 Å². The minimum absolute atomic E-state index is 0.00602. The van der Waals surface area contributed by atoms with Crippen LogP contribution < -0.4 is 5.32 Å². The highest BCUT2D eigenvalue weighted by molar-refractivity contribution is 7.09. The number of hydrogen-bond donors (Lipinski definition) is 1. The summed E-state index contributed by atoms with van der Waals surface area (Å²) < 4.78 is 0. The van der Waals surface area contributed by atoms with Gasteiger partial charge in [0.1, 0.15) is 17.1 Å². The van der Waals surface area contributed by atoms with Gasteiger partial charge < -0.3 is 10.2 Å². The Balaban J connectivity index is 2.24. The van der Waals surface area contributed by atoms with Crippen LogP contribution in [-0.4, -0.2) is 33.8 Å². The summed E-state index contributed by atoms with van der Waals surface area (Å²) in [5, 5.41) is 5.58. The van der Waals surface area contributed by atoms with E-state index in [4.69, 9.17) is 0 Å². The molecular weight excluding hydrogens is 274 g/mol. The predicted molar refractivity (Wildman–Crippen MR) is 78.2 cm³/mol. The van der Waals surface area contributed by atoms with Crippen molar-refractivity contribution in [2.24, 2.45) is 5.92 Å². The normalized spacial score (nSPS) is 24.9. The van der Waals surface area contributed by atoms with Crippen molar-refractivity contribution in [3.05, 3.63) is 16.6 Å². The van der Waals surface area contributed by atoms with Gasteiger partial charge in [-0.05, 0) is 26.2 Å². The quantitative estimate of drug-likeness (QED) is 0.923. The van der Waals surface area contributed by atoms with Crippen molar-refractivity contribution in [2.75, 3.05) is 0 Å². The molecule has 1 N–H and O–H groups in total. The number of thiazole rings is 1. The highest BCUT2D eigenvalue weighted by Crippen LogP contribution is 2.28. The zero-order valence-electron chi connectivity index (χ0n) is 12.3. The van der Waals surface area contributed by atoms with Gasteiger partial charge in [-0.2, -0.15) is 0 Å². The van der Waals surface area contributed by atoms with Crippen molar-refractivity contribution < 1.29 is 9.59 Å². The number of carbonyl (C=O) groups is 2. The predicted octanol–water partition coefficient (Wildman–Crippen LogP) is 1.97. The molecule has 1 saturated heterocycles. The zero-order valence-corrected chi connectivity index (χ0v) is 13.1. The van der Waals surface area contributed by atoms with Crippen LogP contribution in [-0.2, 0) is 9.59 Å². The molecule has 0 aliphatic carbocycles. The number of rotatable bonds is 4. The Bertz CT molecular complexity index is 487. The lowest BCUT2D eigenvalue weighted by atomic mass is 9.98. The number of amides is 2. The van der Waals surface area contributed by atoms with Gasteiger partial charge in [-0.1, -0.05) is 13.8 Å². The molecule has 0 radical (unpaired) electrons. The van der Waals surface area contributed by atoms with Gasteiger partial charge >= 0.3 is 0 Å². The molecule has 0 aromatic carbocycles. The fraction of sp³-hybridized carbons (Fsp3) is 0.643. The number of aromatic nitrogens is 1. The molecule has 1 aliphatic rings. The third kappa shape index (κ3) is 2.85. The Morgan fingerprint density at radius 1 is 1.40 bits per heavy atom. The Morgan fingerprint density at radius 3 is 2.65 bits per heavy atom. The van der Waals surface area contributed by atoms with Crippen LogP contribution in [0.3, 0.4) is 0 Å². The molecule has 20 heavy (non-hydrogen) atoms. The van der Waals surface area contributed by atoms with Crippen LogP contribution in [0.1, 0.15) is 45.2 Å². The standard InChI is InChI=1S/C14H21N3O2S/c1-8(2)7-11-14(19)17(9(3)12(18)16-11)10(4)13-15-5-6-20-13/h5-6,8-11H,7H2,1-4H3,(H,16,18). The van der Waals surface area contributed by atoms with Crippen LogP contribution in [0.4, 0.5) is 0 Å². The maximum Gasteiger partial charge on any atom is 0.246 e. The van der Waals surface area contributed by atoms with E-state index in [-0.39, 0.29) is 17.9 Å². The summed E-state index contributed by atoms with van der Waals surface area (Å²) in [5.74, 6) is 0.266. The molecule has 1 aliphatic heterocycles. The molecule has 3 atom stereocenters. The van der Waals surface area contributed by atoms with Crippen LogP contribution >= 0.6 is 11.3 Å². The molecule has 110 valence electrons. The maximum absolute atomic E-state index is 12.6. The molecule has 2 amide bonds. The molecule has 2 rings (SSSR count). The third-order valence-corrected chi connectivity index (χ3v) is 4.54. The van der Waals surface area contributed by atoms with Crippen LogP contribution in [0.2, 0.25) is 0 Å². The van der Waals surface area contributed by atoms with E-state index in [0.29, 0.717) is 12.3 Å². The number of nitrogens with zero attached hydrogens (tertiary/aromatic N) is 2. The second-order valence-corrected chi connectivity index (χ2v) is 6.58. The minimum atomic E-state index is -0.454. The second kappa shape index (κ2) is 5.91. The van der Waals surface area contributed by atoms with E-state index < -0.39 is 12.1 Å². The molecule has 2 heterocycles. The SMILES string of the molecule is CC(C)CC1NC(=O)C(C)N(C(C)c2nccs2)C1=O. The van der Waals surface area contributed by atoms with E-state index in [1.54, 1.807) is 18.0 Å². The monoisotopic (exact) mass is 295 g/mol. The molecule has 1 fully saturated rings. The summed E-state index contributed by atoms with van der Waals surface area (Å²) >= 11 is 1.51. The van der Waals surface area contributed by atoms with Crippen LogP contribution in [0.25, 0.3) is 0 Å². The summed E-state index contributed by atoms with van der Waals surface area (Å²) in [6.07, 6.45) is 2.39. The molecule has 1 aromatic rings. The highest BCUT2D eigenvalue weighted by Gasteiger charge is 2.41. The fourth-order valence-electron chi connectivity index (χ4n) is 2.57. The van der Waals surface area contributed by atoms with Crippen LogP contribution in [0.15, 0.2) is 11.6 Å².